The smallest absolute Gasteiger partial charge is 0.238 e. The second-order valence-corrected chi connectivity index (χ2v) is 9.60. The maximum absolute atomic E-state index is 12.4. The van der Waals surface area contributed by atoms with Crippen LogP contribution in [0.4, 0.5) is 17.5 Å². The van der Waals surface area contributed by atoms with Crippen molar-refractivity contribution in [3.05, 3.63) is 36.5 Å². The van der Waals surface area contributed by atoms with Gasteiger partial charge in [0.05, 0.1) is 16.9 Å². The monoisotopic (exact) mass is 426 g/mol. The number of hydrogen-bond acceptors (Lipinski definition) is 6. The molecule has 0 saturated heterocycles. The van der Waals surface area contributed by atoms with Gasteiger partial charge in [0.2, 0.25) is 21.9 Å². The molecule has 1 fully saturated rings. The lowest BCUT2D eigenvalue weighted by atomic mass is 9.78. The Morgan fingerprint density at radius 3 is 2.57 bits per heavy atom. The summed E-state index contributed by atoms with van der Waals surface area (Å²) in [4.78, 5) is 21.5. The topological polar surface area (TPSA) is 132 Å². The van der Waals surface area contributed by atoms with E-state index in [9.17, 15) is 13.2 Å². The molecule has 0 atom stereocenters. The Bertz CT molecular complexity index is 1240. The van der Waals surface area contributed by atoms with Crippen molar-refractivity contribution in [2.45, 2.75) is 49.0 Å². The third-order valence-corrected chi connectivity index (χ3v) is 6.92. The van der Waals surface area contributed by atoms with E-state index < -0.39 is 10.0 Å². The quantitative estimate of drug-likeness (QED) is 0.590. The van der Waals surface area contributed by atoms with Gasteiger partial charge < -0.3 is 15.2 Å². The van der Waals surface area contributed by atoms with Crippen molar-refractivity contribution in [3.63, 3.8) is 0 Å². The fourth-order valence-electron chi connectivity index (χ4n) is 4.65. The molecule has 4 N–H and O–H groups in total. The molecule has 5 rings (SSSR count). The number of anilines is 3. The van der Waals surface area contributed by atoms with Crippen LogP contribution in [0.3, 0.4) is 0 Å². The van der Waals surface area contributed by atoms with Gasteiger partial charge in [-0.15, -0.1) is 0 Å². The number of benzene rings is 1. The summed E-state index contributed by atoms with van der Waals surface area (Å²) in [5.74, 6) is 1.22. The molecule has 1 saturated carbocycles. The number of amides is 1. The molecule has 0 unspecified atom stereocenters. The Labute approximate surface area is 173 Å². The van der Waals surface area contributed by atoms with Gasteiger partial charge in [-0.05, 0) is 43.2 Å². The number of nitrogens with one attached hydrogen (secondary N) is 2. The van der Waals surface area contributed by atoms with Crippen LogP contribution in [0.1, 0.15) is 38.5 Å². The molecule has 2 aromatic heterocycles. The zero-order chi connectivity index (χ0) is 20.9. The Morgan fingerprint density at radius 1 is 1.13 bits per heavy atom. The molecule has 1 aromatic carbocycles. The van der Waals surface area contributed by atoms with E-state index in [-0.39, 0.29) is 16.3 Å². The summed E-state index contributed by atoms with van der Waals surface area (Å²) in [5, 5.41) is 12.1. The lowest BCUT2D eigenvalue weighted by molar-refractivity contribution is -0.119. The van der Waals surface area contributed by atoms with E-state index >= 15 is 0 Å². The summed E-state index contributed by atoms with van der Waals surface area (Å²) in [5.41, 5.74) is 1.19. The van der Waals surface area contributed by atoms with Crippen molar-refractivity contribution in [1.82, 2.24) is 14.5 Å². The molecule has 10 heteroatoms. The third kappa shape index (κ3) is 3.21. The lowest BCUT2D eigenvalue weighted by Crippen LogP contribution is -2.44. The maximum atomic E-state index is 12.4. The van der Waals surface area contributed by atoms with E-state index in [1.165, 1.54) is 18.6 Å². The van der Waals surface area contributed by atoms with Gasteiger partial charge in [0.1, 0.15) is 11.5 Å². The minimum Gasteiger partial charge on any atom is -0.324 e. The van der Waals surface area contributed by atoms with Gasteiger partial charge >= 0.3 is 0 Å². The molecule has 0 radical (unpaired) electrons. The Morgan fingerprint density at radius 2 is 1.87 bits per heavy atom. The molecule has 1 amide bonds. The molecule has 3 aromatic rings. The van der Waals surface area contributed by atoms with Crippen molar-refractivity contribution in [1.29, 1.82) is 0 Å². The van der Waals surface area contributed by atoms with Crippen LogP contribution in [-0.2, 0) is 20.4 Å². The molecule has 1 spiro atoms. The van der Waals surface area contributed by atoms with Crippen molar-refractivity contribution in [3.8, 4) is 0 Å². The van der Waals surface area contributed by atoms with E-state index in [2.05, 4.69) is 20.2 Å². The molecular formula is C20H22N6O3S. The first kappa shape index (κ1) is 19.0. The predicted octanol–water partition coefficient (Wildman–Crippen LogP) is 2.82. The zero-order valence-corrected chi connectivity index (χ0v) is 17.1. The van der Waals surface area contributed by atoms with E-state index in [1.54, 1.807) is 18.3 Å². The van der Waals surface area contributed by atoms with Crippen LogP contribution in [0.15, 0.2) is 41.4 Å². The molecular weight excluding hydrogens is 404 g/mol. The summed E-state index contributed by atoms with van der Waals surface area (Å²) < 4.78 is 25.0. The fraction of sp³-hybridized carbons (Fsp3) is 0.350. The lowest BCUT2D eigenvalue weighted by Gasteiger charge is -2.42. The number of nitrogens with two attached hydrogens (primary N) is 1. The standard InChI is InChI=1S/C20H22N6O3S/c21-30(28,29)15-6-4-14(5-7-15)23-19-22-12-13-10-16-24-17(27)11-20(8-2-1-3-9-20)26(16)18(13)25-19/h4-7,10,12H,1-3,8-9,11H2,(H,24,27)(H2,21,28,29)(H,22,23,25). The number of primary sulfonamides is 1. The minimum absolute atomic E-state index is 0.0417. The van der Waals surface area contributed by atoms with Crippen LogP contribution in [0, 0.1) is 0 Å². The average molecular weight is 427 g/mol. The number of sulfonamides is 1. The highest BCUT2D eigenvalue weighted by Crippen LogP contribution is 2.45. The number of nitrogens with zero attached hydrogens (tertiary/aromatic N) is 3. The van der Waals surface area contributed by atoms with Crippen molar-refractivity contribution in [2.75, 3.05) is 10.6 Å². The summed E-state index contributed by atoms with van der Waals surface area (Å²) in [6, 6.07) is 8.02. The highest BCUT2D eigenvalue weighted by atomic mass is 32.2. The third-order valence-electron chi connectivity index (χ3n) is 6.00. The minimum atomic E-state index is -3.74. The predicted molar refractivity (Wildman–Crippen MR) is 113 cm³/mol. The fourth-order valence-corrected chi connectivity index (χ4v) is 5.17. The molecule has 30 heavy (non-hydrogen) atoms. The average Bonchev–Trinajstić information content (AvgIpc) is 3.06. The zero-order valence-electron chi connectivity index (χ0n) is 16.3. The van der Waals surface area contributed by atoms with E-state index in [0.29, 0.717) is 18.1 Å². The summed E-state index contributed by atoms with van der Waals surface area (Å²) in [7, 11) is -3.74. The van der Waals surface area contributed by atoms with Crippen LogP contribution >= 0.6 is 0 Å². The SMILES string of the molecule is NS(=O)(=O)c1ccc(Nc2ncc3cc4n(c3n2)C2(CCCCC2)CC(=O)N4)cc1. The van der Waals surface area contributed by atoms with Gasteiger partial charge in [-0.3, -0.25) is 4.79 Å². The molecule has 1 aliphatic carbocycles. The highest BCUT2D eigenvalue weighted by Gasteiger charge is 2.42. The van der Waals surface area contributed by atoms with Gasteiger partial charge in [-0.2, -0.15) is 4.98 Å². The second kappa shape index (κ2) is 6.78. The van der Waals surface area contributed by atoms with Crippen LogP contribution < -0.4 is 15.8 Å². The van der Waals surface area contributed by atoms with Crippen LogP contribution in [0.25, 0.3) is 11.0 Å². The number of aromatic nitrogens is 3. The maximum Gasteiger partial charge on any atom is 0.238 e. The van der Waals surface area contributed by atoms with Gasteiger partial charge in [0.25, 0.3) is 0 Å². The van der Waals surface area contributed by atoms with E-state index in [4.69, 9.17) is 10.1 Å². The number of fused-ring (bicyclic) bond motifs is 4. The first-order chi connectivity index (χ1) is 14.3. The molecule has 2 aliphatic rings. The van der Waals surface area contributed by atoms with Crippen LogP contribution in [0.5, 0.6) is 0 Å². The molecule has 156 valence electrons. The Balaban J connectivity index is 1.53. The molecule has 0 bridgehead atoms. The first-order valence-corrected chi connectivity index (χ1v) is 11.5. The molecule has 1 aliphatic heterocycles. The number of carbonyl (C=O) groups excluding carboxylic acids is 1. The van der Waals surface area contributed by atoms with Gasteiger partial charge in [-0.25, -0.2) is 18.5 Å². The summed E-state index contributed by atoms with van der Waals surface area (Å²) >= 11 is 0. The van der Waals surface area contributed by atoms with E-state index in [1.807, 2.05) is 6.07 Å². The van der Waals surface area contributed by atoms with Crippen molar-refractivity contribution in [2.24, 2.45) is 5.14 Å². The molecule has 3 heterocycles. The summed E-state index contributed by atoms with van der Waals surface area (Å²) in [6.07, 6.45) is 7.49. The Kier molecular flexibility index (Phi) is 4.30. The van der Waals surface area contributed by atoms with E-state index in [0.717, 1.165) is 42.5 Å². The largest absolute Gasteiger partial charge is 0.324 e. The number of hydrogen-bond donors (Lipinski definition) is 3. The first-order valence-electron chi connectivity index (χ1n) is 9.93. The number of rotatable bonds is 3. The normalized spacial score (nSPS) is 18.2. The molecule has 9 nitrogen and oxygen atoms in total. The highest BCUT2D eigenvalue weighted by molar-refractivity contribution is 7.89. The van der Waals surface area contributed by atoms with Gasteiger partial charge in [-0.1, -0.05) is 19.3 Å². The van der Waals surface area contributed by atoms with Gasteiger partial charge in [0, 0.05) is 17.3 Å². The Hall–Kier alpha value is -2.98. The van der Waals surface area contributed by atoms with Crippen LogP contribution in [0.2, 0.25) is 0 Å². The second-order valence-electron chi connectivity index (χ2n) is 8.04. The van der Waals surface area contributed by atoms with Crippen molar-refractivity contribution < 1.29 is 13.2 Å². The van der Waals surface area contributed by atoms with Gasteiger partial charge in [0.15, 0.2) is 0 Å². The summed E-state index contributed by atoms with van der Waals surface area (Å²) in [6.45, 7) is 0. The number of carbonyl (C=O) groups is 1. The van der Waals surface area contributed by atoms with Crippen LogP contribution in [-0.4, -0.2) is 28.9 Å². The van der Waals surface area contributed by atoms with Crippen molar-refractivity contribution >= 4 is 44.4 Å².